The monoisotopic (exact) mass is 400 g/mol. The summed E-state index contributed by atoms with van der Waals surface area (Å²) in [7, 11) is 0. The number of benzene rings is 2. The number of fused-ring (bicyclic) bond motifs is 2. The normalized spacial score (nSPS) is 12.5. The lowest BCUT2D eigenvalue weighted by Crippen LogP contribution is -2.34. The number of aromatic nitrogens is 2. The molecule has 3 N–H and O–H groups in total. The predicted molar refractivity (Wildman–Crippen MR) is 110 cm³/mol. The fraction of sp³-hybridized carbons (Fsp3) is 0.250. The summed E-state index contributed by atoms with van der Waals surface area (Å²) in [6.45, 7) is 4.18. The number of halogens is 1. The van der Waals surface area contributed by atoms with Gasteiger partial charge in [0, 0.05) is 31.7 Å². The van der Waals surface area contributed by atoms with Crippen LogP contribution in [0.5, 0.6) is 0 Å². The second-order valence-electron chi connectivity index (χ2n) is 6.63. The van der Waals surface area contributed by atoms with Crippen molar-refractivity contribution < 1.29 is 4.79 Å². The first-order valence-corrected chi connectivity index (χ1v) is 8.93. The van der Waals surface area contributed by atoms with Gasteiger partial charge in [0.15, 0.2) is 0 Å². The van der Waals surface area contributed by atoms with E-state index in [0.717, 1.165) is 23.2 Å². The van der Waals surface area contributed by atoms with Gasteiger partial charge in [-0.3, -0.25) is 14.2 Å². The van der Waals surface area contributed by atoms with Crippen LogP contribution in [0.15, 0.2) is 46.0 Å². The Bertz CT molecular complexity index is 1170. The van der Waals surface area contributed by atoms with Crippen molar-refractivity contribution in [2.24, 2.45) is 0 Å². The van der Waals surface area contributed by atoms with Gasteiger partial charge < -0.3 is 15.6 Å². The quantitative estimate of drug-likeness (QED) is 0.620. The second kappa shape index (κ2) is 8.00. The number of H-pyrrole nitrogens is 1. The van der Waals surface area contributed by atoms with E-state index in [2.05, 4.69) is 27.8 Å². The molecule has 1 aliphatic heterocycles. The Morgan fingerprint density at radius 1 is 1.11 bits per heavy atom. The number of rotatable bonds is 4. The maximum atomic E-state index is 12.5. The molecule has 28 heavy (non-hydrogen) atoms. The molecule has 4 rings (SSSR count). The minimum Gasteiger partial charge on any atom is -0.348 e. The van der Waals surface area contributed by atoms with Crippen LogP contribution in [0.25, 0.3) is 10.9 Å². The topological polar surface area (TPSA) is 96.0 Å². The summed E-state index contributed by atoms with van der Waals surface area (Å²) in [6.07, 6.45) is 0. The Morgan fingerprint density at radius 3 is 2.68 bits per heavy atom. The van der Waals surface area contributed by atoms with Gasteiger partial charge in [0.05, 0.1) is 10.9 Å². The largest absolute Gasteiger partial charge is 0.348 e. The number of aromatic amines is 1. The van der Waals surface area contributed by atoms with Crippen LogP contribution in [-0.4, -0.2) is 15.5 Å². The Morgan fingerprint density at radius 2 is 1.89 bits per heavy atom. The second-order valence-corrected chi connectivity index (χ2v) is 6.63. The third kappa shape index (κ3) is 3.58. The molecule has 1 amide bonds. The number of nitrogens with one attached hydrogen (secondary N) is 3. The van der Waals surface area contributed by atoms with Gasteiger partial charge in [0.2, 0.25) is 0 Å². The summed E-state index contributed by atoms with van der Waals surface area (Å²) in [5, 5.41) is 6.57. The van der Waals surface area contributed by atoms with Crippen molar-refractivity contribution in [3.8, 4) is 0 Å². The van der Waals surface area contributed by atoms with E-state index in [1.54, 1.807) is 25.1 Å². The number of amides is 1. The molecule has 0 bridgehead atoms. The first-order valence-electron chi connectivity index (χ1n) is 8.93. The molecule has 1 aromatic heterocycles. The molecule has 0 aliphatic carbocycles. The van der Waals surface area contributed by atoms with Gasteiger partial charge in [-0.2, -0.15) is 0 Å². The smallest absolute Gasteiger partial charge is 0.328 e. The van der Waals surface area contributed by atoms with E-state index in [-0.39, 0.29) is 23.9 Å². The summed E-state index contributed by atoms with van der Waals surface area (Å²) in [6, 6.07) is 10.9. The molecule has 0 spiro atoms. The molecule has 1 aliphatic rings. The van der Waals surface area contributed by atoms with Crippen LogP contribution in [0, 0.1) is 0 Å². The highest BCUT2D eigenvalue weighted by Gasteiger charge is 2.12. The van der Waals surface area contributed by atoms with E-state index < -0.39 is 5.69 Å². The van der Waals surface area contributed by atoms with Gasteiger partial charge in [-0.15, -0.1) is 12.4 Å². The third-order valence-corrected chi connectivity index (χ3v) is 4.91. The molecular formula is C20H21ClN4O3. The van der Waals surface area contributed by atoms with E-state index in [1.807, 2.05) is 6.07 Å². The van der Waals surface area contributed by atoms with Crippen LogP contribution in [0.4, 0.5) is 0 Å². The molecule has 0 radical (unpaired) electrons. The SMILES string of the molecule is CCn1c(=O)[nH]c2cc(C(=O)NCc3ccc4c(c3)CNC4)ccc2c1=O.Cl. The fourth-order valence-electron chi connectivity index (χ4n) is 3.43. The summed E-state index contributed by atoms with van der Waals surface area (Å²) in [5.74, 6) is -0.254. The van der Waals surface area contributed by atoms with Gasteiger partial charge in [-0.05, 0) is 41.8 Å². The first-order chi connectivity index (χ1) is 13.1. The van der Waals surface area contributed by atoms with E-state index in [9.17, 15) is 14.4 Å². The molecule has 8 heteroatoms. The average Bonchev–Trinajstić information content (AvgIpc) is 3.13. The number of hydrogen-bond donors (Lipinski definition) is 3. The number of carbonyl (C=O) groups is 1. The van der Waals surface area contributed by atoms with Crippen LogP contribution in [0.1, 0.15) is 34.0 Å². The Balaban J connectivity index is 0.00000225. The lowest BCUT2D eigenvalue weighted by Gasteiger charge is -2.08. The Kier molecular flexibility index (Phi) is 5.67. The first kappa shape index (κ1) is 19.9. The van der Waals surface area contributed by atoms with Gasteiger partial charge in [0.25, 0.3) is 11.5 Å². The van der Waals surface area contributed by atoms with Crippen molar-refractivity contribution >= 4 is 29.2 Å². The maximum Gasteiger partial charge on any atom is 0.328 e. The van der Waals surface area contributed by atoms with Gasteiger partial charge >= 0.3 is 5.69 Å². The molecule has 0 saturated carbocycles. The van der Waals surface area contributed by atoms with Crippen molar-refractivity contribution in [1.82, 2.24) is 20.2 Å². The highest BCUT2D eigenvalue weighted by molar-refractivity contribution is 5.97. The van der Waals surface area contributed by atoms with Crippen molar-refractivity contribution in [2.75, 3.05) is 0 Å². The fourth-order valence-corrected chi connectivity index (χ4v) is 3.43. The minimum atomic E-state index is -0.473. The lowest BCUT2D eigenvalue weighted by atomic mass is 10.1. The average molecular weight is 401 g/mol. The highest BCUT2D eigenvalue weighted by atomic mass is 35.5. The zero-order valence-corrected chi connectivity index (χ0v) is 16.2. The molecule has 2 heterocycles. The molecule has 0 unspecified atom stereocenters. The van der Waals surface area contributed by atoms with E-state index >= 15 is 0 Å². The van der Waals surface area contributed by atoms with Crippen LogP contribution >= 0.6 is 12.4 Å². The summed E-state index contributed by atoms with van der Waals surface area (Å²) in [5.41, 5.74) is 3.53. The van der Waals surface area contributed by atoms with Crippen LogP contribution in [0.3, 0.4) is 0 Å². The molecule has 7 nitrogen and oxygen atoms in total. The van der Waals surface area contributed by atoms with Crippen LogP contribution in [0.2, 0.25) is 0 Å². The molecule has 3 aromatic rings. The van der Waals surface area contributed by atoms with Crippen molar-refractivity contribution in [3.05, 3.63) is 79.5 Å². The maximum absolute atomic E-state index is 12.5. The highest BCUT2D eigenvalue weighted by Crippen LogP contribution is 2.17. The molecule has 0 fully saturated rings. The van der Waals surface area contributed by atoms with E-state index in [1.165, 1.54) is 11.1 Å². The lowest BCUT2D eigenvalue weighted by molar-refractivity contribution is 0.0951. The number of nitrogens with zero attached hydrogens (tertiary/aromatic N) is 1. The molecule has 146 valence electrons. The van der Waals surface area contributed by atoms with Crippen LogP contribution < -0.4 is 21.9 Å². The Hall–Kier alpha value is -2.90. The van der Waals surface area contributed by atoms with Crippen molar-refractivity contribution in [2.45, 2.75) is 33.1 Å². The molecule has 0 saturated heterocycles. The van der Waals surface area contributed by atoms with Gasteiger partial charge in [0.1, 0.15) is 0 Å². The predicted octanol–water partition coefficient (Wildman–Crippen LogP) is 1.66. The van der Waals surface area contributed by atoms with Crippen LogP contribution in [-0.2, 0) is 26.2 Å². The number of carbonyl (C=O) groups excluding carboxylic acids is 1. The van der Waals surface area contributed by atoms with Crippen molar-refractivity contribution in [3.63, 3.8) is 0 Å². The van der Waals surface area contributed by atoms with Crippen molar-refractivity contribution in [1.29, 1.82) is 0 Å². The standard InChI is InChI=1S/C20H20N4O3.ClH/c1-2-24-19(26)16-6-5-13(8-17(16)23-20(24)27)18(25)22-9-12-3-4-14-10-21-11-15(14)7-12;/h3-8,21H,2,9-11H2,1H3,(H,22,25)(H,23,27);1H. The van der Waals surface area contributed by atoms with E-state index in [4.69, 9.17) is 0 Å². The zero-order valence-electron chi connectivity index (χ0n) is 15.4. The molecular weight excluding hydrogens is 380 g/mol. The van der Waals surface area contributed by atoms with Gasteiger partial charge in [-0.25, -0.2) is 4.79 Å². The summed E-state index contributed by atoms with van der Waals surface area (Å²) in [4.78, 5) is 39.4. The molecule has 0 atom stereocenters. The molecule has 2 aromatic carbocycles. The minimum absolute atomic E-state index is 0. The van der Waals surface area contributed by atoms with Gasteiger partial charge in [-0.1, -0.05) is 18.2 Å². The number of hydrogen-bond acceptors (Lipinski definition) is 4. The Labute approximate surface area is 167 Å². The summed E-state index contributed by atoms with van der Waals surface area (Å²) >= 11 is 0. The zero-order chi connectivity index (χ0) is 19.0. The van der Waals surface area contributed by atoms with E-state index in [0.29, 0.717) is 29.6 Å². The third-order valence-electron chi connectivity index (χ3n) is 4.91. The summed E-state index contributed by atoms with van der Waals surface area (Å²) < 4.78 is 1.13.